The Kier molecular flexibility index (Phi) is 6.20. The Balaban J connectivity index is 1.46. The van der Waals surface area contributed by atoms with Gasteiger partial charge in [-0.25, -0.2) is 4.98 Å². The number of rotatable bonds is 6. The van der Waals surface area contributed by atoms with Gasteiger partial charge < -0.3 is 20.9 Å². The van der Waals surface area contributed by atoms with Crippen LogP contribution in [-0.4, -0.2) is 49.0 Å². The number of hydrogen-bond acceptors (Lipinski definition) is 5. The van der Waals surface area contributed by atoms with Gasteiger partial charge in [0.25, 0.3) is 0 Å². The Morgan fingerprint density at radius 1 is 1.15 bits per heavy atom. The van der Waals surface area contributed by atoms with Crippen molar-refractivity contribution in [3.8, 4) is 0 Å². The van der Waals surface area contributed by atoms with Gasteiger partial charge in [0.1, 0.15) is 5.82 Å². The molecule has 6 nitrogen and oxygen atoms in total. The number of hydrogen-bond donors (Lipinski definition) is 2. The molecule has 3 rings (SSSR count). The second kappa shape index (κ2) is 8.78. The predicted molar refractivity (Wildman–Crippen MR) is 104 cm³/mol. The lowest BCUT2D eigenvalue weighted by atomic mass is 10.0. The van der Waals surface area contributed by atoms with E-state index in [-0.39, 0.29) is 18.4 Å². The molecule has 0 aliphatic carbocycles. The van der Waals surface area contributed by atoms with Gasteiger partial charge in [-0.1, -0.05) is 36.4 Å². The van der Waals surface area contributed by atoms with Crippen molar-refractivity contribution in [3.05, 3.63) is 59.8 Å². The van der Waals surface area contributed by atoms with E-state index in [0.29, 0.717) is 6.54 Å². The lowest BCUT2D eigenvalue weighted by molar-refractivity contribution is -0.121. The fourth-order valence-electron chi connectivity index (χ4n) is 3.03. The SMILES string of the molecule is CN1CCN(c2ccc(CNC(=O)CC(N)c3ccccc3)cn2)CC1. The van der Waals surface area contributed by atoms with Crippen LogP contribution >= 0.6 is 0 Å². The summed E-state index contributed by atoms with van der Waals surface area (Å²) in [6.07, 6.45) is 2.11. The Morgan fingerprint density at radius 3 is 2.54 bits per heavy atom. The Hall–Kier alpha value is -2.44. The maximum Gasteiger partial charge on any atom is 0.222 e. The molecular formula is C20H27N5O. The third-order valence-electron chi connectivity index (χ3n) is 4.76. The van der Waals surface area contributed by atoms with E-state index >= 15 is 0 Å². The van der Waals surface area contributed by atoms with Gasteiger partial charge >= 0.3 is 0 Å². The smallest absolute Gasteiger partial charge is 0.222 e. The molecule has 138 valence electrons. The minimum absolute atomic E-state index is 0.0514. The largest absolute Gasteiger partial charge is 0.354 e. The van der Waals surface area contributed by atoms with E-state index < -0.39 is 0 Å². The summed E-state index contributed by atoms with van der Waals surface area (Å²) in [6.45, 7) is 4.58. The van der Waals surface area contributed by atoms with Crippen molar-refractivity contribution in [2.45, 2.75) is 19.0 Å². The number of nitrogens with one attached hydrogen (secondary N) is 1. The van der Waals surface area contributed by atoms with Gasteiger partial charge in [-0.2, -0.15) is 0 Å². The highest BCUT2D eigenvalue weighted by molar-refractivity contribution is 5.76. The molecule has 2 aromatic rings. The Bertz CT molecular complexity index is 696. The fraction of sp³-hybridized carbons (Fsp3) is 0.400. The number of nitrogens with two attached hydrogens (primary N) is 1. The van der Waals surface area contributed by atoms with Gasteiger partial charge in [0.15, 0.2) is 0 Å². The molecule has 1 aliphatic heterocycles. The molecule has 0 bridgehead atoms. The van der Waals surface area contributed by atoms with Crippen LogP contribution < -0.4 is 16.0 Å². The topological polar surface area (TPSA) is 74.5 Å². The molecule has 1 atom stereocenters. The first-order valence-electron chi connectivity index (χ1n) is 9.07. The van der Waals surface area contributed by atoms with Crippen molar-refractivity contribution in [1.29, 1.82) is 0 Å². The predicted octanol–water partition coefficient (Wildman–Crippen LogP) is 1.54. The van der Waals surface area contributed by atoms with E-state index in [1.165, 1.54) is 0 Å². The van der Waals surface area contributed by atoms with E-state index in [4.69, 9.17) is 5.73 Å². The maximum absolute atomic E-state index is 12.1. The van der Waals surface area contributed by atoms with Crippen LogP contribution in [0.25, 0.3) is 0 Å². The molecule has 1 aromatic carbocycles. The molecule has 1 fully saturated rings. The van der Waals surface area contributed by atoms with Crippen molar-refractivity contribution in [1.82, 2.24) is 15.2 Å². The Morgan fingerprint density at radius 2 is 1.88 bits per heavy atom. The molecule has 2 heterocycles. The number of piperazine rings is 1. The second-order valence-electron chi connectivity index (χ2n) is 6.81. The third kappa shape index (κ3) is 5.03. The van der Waals surface area contributed by atoms with E-state index in [1.54, 1.807) is 0 Å². The standard InChI is InChI=1S/C20H27N5O/c1-24-9-11-25(12-10-24)19-8-7-16(14-22-19)15-23-20(26)13-18(21)17-5-3-2-4-6-17/h2-8,14,18H,9-13,15,21H2,1H3,(H,23,26). The van der Waals surface area contributed by atoms with Crippen molar-refractivity contribution in [2.24, 2.45) is 5.73 Å². The molecule has 6 heteroatoms. The molecule has 1 saturated heterocycles. The summed E-state index contributed by atoms with van der Waals surface area (Å²) in [6, 6.07) is 13.5. The molecular weight excluding hydrogens is 326 g/mol. The average molecular weight is 353 g/mol. The van der Waals surface area contributed by atoms with Gasteiger partial charge in [0, 0.05) is 51.4 Å². The van der Waals surface area contributed by atoms with Crippen molar-refractivity contribution in [2.75, 3.05) is 38.1 Å². The summed E-state index contributed by atoms with van der Waals surface area (Å²) in [5, 5.41) is 2.93. The first kappa shape index (κ1) is 18.4. The molecule has 3 N–H and O–H groups in total. The third-order valence-corrected chi connectivity index (χ3v) is 4.76. The van der Waals surface area contributed by atoms with Crippen LogP contribution in [0.2, 0.25) is 0 Å². The molecule has 0 spiro atoms. The summed E-state index contributed by atoms with van der Waals surface area (Å²) in [4.78, 5) is 21.3. The zero-order chi connectivity index (χ0) is 18.4. The number of benzene rings is 1. The van der Waals surface area contributed by atoms with Gasteiger partial charge in [-0.05, 0) is 24.2 Å². The number of carbonyl (C=O) groups is 1. The van der Waals surface area contributed by atoms with Gasteiger partial charge in [-0.15, -0.1) is 0 Å². The minimum Gasteiger partial charge on any atom is -0.354 e. The number of nitrogens with zero attached hydrogens (tertiary/aromatic N) is 3. The molecule has 1 unspecified atom stereocenters. The van der Waals surface area contributed by atoms with Crippen LogP contribution in [0.3, 0.4) is 0 Å². The number of likely N-dealkylation sites (N-methyl/N-ethyl adjacent to an activating group) is 1. The highest BCUT2D eigenvalue weighted by Gasteiger charge is 2.15. The minimum atomic E-state index is -0.283. The molecule has 1 amide bonds. The van der Waals surface area contributed by atoms with Crippen molar-refractivity contribution in [3.63, 3.8) is 0 Å². The summed E-state index contributed by atoms with van der Waals surface area (Å²) in [5.41, 5.74) is 8.06. The lowest BCUT2D eigenvalue weighted by Gasteiger charge is -2.33. The van der Waals surface area contributed by atoms with E-state index in [2.05, 4.69) is 27.1 Å². The van der Waals surface area contributed by atoms with E-state index in [0.717, 1.165) is 43.1 Å². The van der Waals surface area contributed by atoms with Crippen molar-refractivity contribution < 1.29 is 4.79 Å². The first-order chi connectivity index (χ1) is 12.6. The molecule has 0 saturated carbocycles. The number of pyridine rings is 1. The average Bonchev–Trinajstić information content (AvgIpc) is 2.68. The molecule has 26 heavy (non-hydrogen) atoms. The van der Waals surface area contributed by atoms with Crippen LogP contribution in [0.15, 0.2) is 48.7 Å². The van der Waals surface area contributed by atoms with Gasteiger partial charge in [0.2, 0.25) is 5.91 Å². The monoisotopic (exact) mass is 353 g/mol. The van der Waals surface area contributed by atoms with Crippen LogP contribution in [0.4, 0.5) is 5.82 Å². The summed E-state index contributed by atoms with van der Waals surface area (Å²) < 4.78 is 0. The van der Waals surface area contributed by atoms with Crippen LogP contribution in [0.5, 0.6) is 0 Å². The molecule has 0 radical (unpaired) electrons. The first-order valence-corrected chi connectivity index (χ1v) is 9.07. The number of aromatic nitrogens is 1. The zero-order valence-electron chi connectivity index (χ0n) is 15.3. The van der Waals surface area contributed by atoms with Crippen molar-refractivity contribution >= 4 is 11.7 Å². The second-order valence-corrected chi connectivity index (χ2v) is 6.81. The number of amides is 1. The van der Waals surface area contributed by atoms with Gasteiger partial charge in [-0.3, -0.25) is 4.79 Å². The van der Waals surface area contributed by atoms with Crippen LogP contribution in [0.1, 0.15) is 23.6 Å². The summed E-state index contributed by atoms with van der Waals surface area (Å²) in [5.74, 6) is 0.948. The summed E-state index contributed by atoms with van der Waals surface area (Å²) >= 11 is 0. The lowest BCUT2D eigenvalue weighted by Crippen LogP contribution is -2.44. The number of carbonyl (C=O) groups excluding carboxylic acids is 1. The van der Waals surface area contributed by atoms with Crippen LogP contribution in [0, 0.1) is 0 Å². The summed E-state index contributed by atoms with van der Waals surface area (Å²) in [7, 11) is 2.14. The molecule has 1 aliphatic rings. The van der Waals surface area contributed by atoms with E-state index in [9.17, 15) is 4.79 Å². The highest BCUT2D eigenvalue weighted by atomic mass is 16.1. The maximum atomic E-state index is 12.1. The highest BCUT2D eigenvalue weighted by Crippen LogP contribution is 2.15. The fourth-order valence-corrected chi connectivity index (χ4v) is 3.03. The quantitative estimate of drug-likeness (QED) is 0.824. The Labute approximate surface area is 155 Å². The van der Waals surface area contributed by atoms with Gasteiger partial charge in [0.05, 0.1) is 0 Å². The normalized spacial score (nSPS) is 16.3. The number of anilines is 1. The van der Waals surface area contributed by atoms with Crippen LogP contribution in [-0.2, 0) is 11.3 Å². The van der Waals surface area contributed by atoms with E-state index in [1.807, 2.05) is 48.7 Å². The zero-order valence-corrected chi connectivity index (χ0v) is 15.3. The molecule has 1 aromatic heterocycles.